The maximum atomic E-state index is 10.6. The quantitative estimate of drug-likeness (QED) is 0.412. The molecule has 1 unspecified atom stereocenters. The predicted octanol–water partition coefficient (Wildman–Crippen LogP) is 1.04. The lowest BCUT2D eigenvalue weighted by molar-refractivity contribution is -0.138. The summed E-state index contributed by atoms with van der Waals surface area (Å²) < 4.78 is 0. The maximum Gasteiger partial charge on any atom is 0.317 e. The van der Waals surface area contributed by atoms with E-state index in [-0.39, 0.29) is 11.9 Å². The molecule has 0 aliphatic heterocycles. The standard InChI is InChI=1S/C10H22N2O2S/c1-3-4-6-12(8-10(13)14)7-5-11-9(2)15/h9,11,15H,3-8H2,1-2H3,(H,13,14). The van der Waals surface area contributed by atoms with Crippen LogP contribution in [0.5, 0.6) is 0 Å². The first kappa shape index (κ1) is 14.7. The smallest absolute Gasteiger partial charge is 0.317 e. The lowest BCUT2D eigenvalue weighted by Crippen LogP contribution is -2.37. The van der Waals surface area contributed by atoms with E-state index >= 15 is 0 Å². The summed E-state index contributed by atoms with van der Waals surface area (Å²) in [6, 6.07) is 0. The van der Waals surface area contributed by atoms with E-state index in [2.05, 4.69) is 24.9 Å². The number of hydrogen-bond donors (Lipinski definition) is 3. The summed E-state index contributed by atoms with van der Waals surface area (Å²) in [5, 5.41) is 12.0. The van der Waals surface area contributed by atoms with Gasteiger partial charge in [0.2, 0.25) is 0 Å². The molecule has 0 aromatic heterocycles. The van der Waals surface area contributed by atoms with Crippen LogP contribution in [0.25, 0.3) is 0 Å². The molecule has 0 amide bonds. The largest absolute Gasteiger partial charge is 0.480 e. The molecule has 90 valence electrons. The van der Waals surface area contributed by atoms with Gasteiger partial charge in [-0.2, -0.15) is 12.6 Å². The molecule has 4 nitrogen and oxygen atoms in total. The van der Waals surface area contributed by atoms with E-state index in [1.54, 1.807) is 0 Å². The third-order valence-electron chi connectivity index (χ3n) is 2.05. The second-order valence-corrected chi connectivity index (χ2v) is 4.43. The minimum Gasteiger partial charge on any atom is -0.480 e. The van der Waals surface area contributed by atoms with Crippen molar-refractivity contribution in [3.63, 3.8) is 0 Å². The monoisotopic (exact) mass is 234 g/mol. The highest BCUT2D eigenvalue weighted by molar-refractivity contribution is 7.80. The van der Waals surface area contributed by atoms with Crippen molar-refractivity contribution in [2.45, 2.75) is 32.1 Å². The Kier molecular flexibility index (Phi) is 8.85. The van der Waals surface area contributed by atoms with Crippen molar-refractivity contribution < 1.29 is 9.90 Å². The number of hydrogen-bond acceptors (Lipinski definition) is 4. The van der Waals surface area contributed by atoms with Crippen LogP contribution in [-0.2, 0) is 4.79 Å². The second kappa shape index (κ2) is 9.00. The van der Waals surface area contributed by atoms with Crippen LogP contribution in [0, 0.1) is 0 Å². The topological polar surface area (TPSA) is 52.6 Å². The number of thiol groups is 1. The first-order valence-electron chi connectivity index (χ1n) is 5.41. The maximum absolute atomic E-state index is 10.6. The van der Waals surface area contributed by atoms with E-state index < -0.39 is 5.97 Å². The molecule has 0 aliphatic carbocycles. The zero-order valence-corrected chi connectivity index (χ0v) is 10.5. The molecule has 0 radical (unpaired) electrons. The highest BCUT2D eigenvalue weighted by Gasteiger charge is 2.08. The molecule has 0 bridgehead atoms. The van der Waals surface area contributed by atoms with Crippen molar-refractivity contribution in [3.8, 4) is 0 Å². The van der Waals surface area contributed by atoms with Crippen LogP contribution < -0.4 is 5.32 Å². The summed E-state index contributed by atoms with van der Waals surface area (Å²) in [7, 11) is 0. The summed E-state index contributed by atoms with van der Waals surface area (Å²) >= 11 is 4.20. The van der Waals surface area contributed by atoms with Crippen molar-refractivity contribution >= 4 is 18.6 Å². The molecule has 0 heterocycles. The van der Waals surface area contributed by atoms with Crippen LogP contribution in [0.3, 0.4) is 0 Å². The molecule has 2 N–H and O–H groups in total. The van der Waals surface area contributed by atoms with Crippen molar-refractivity contribution in [1.82, 2.24) is 10.2 Å². The van der Waals surface area contributed by atoms with E-state index in [0.717, 1.165) is 32.5 Å². The third-order valence-corrected chi connectivity index (χ3v) is 2.24. The molecule has 0 aromatic rings. The zero-order valence-electron chi connectivity index (χ0n) is 9.57. The summed E-state index contributed by atoms with van der Waals surface area (Å²) in [6.45, 7) is 6.58. The Morgan fingerprint density at radius 2 is 2.20 bits per heavy atom. The summed E-state index contributed by atoms with van der Waals surface area (Å²) in [6.07, 6.45) is 2.14. The second-order valence-electron chi connectivity index (χ2n) is 3.65. The average molecular weight is 234 g/mol. The van der Waals surface area contributed by atoms with Crippen molar-refractivity contribution in [3.05, 3.63) is 0 Å². The third kappa shape index (κ3) is 10.0. The number of carbonyl (C=O) groups is 1. The zero-order chi connectivity index (χ0) is 11.7. The molecule has 5 heteroatoms. The van der Waals surface area contributed by atoms with E-state index in [9.17, 15) is 4.79 Å². The van der Waals surface area contributed by atoms with Gasteiger partial charge in [0.05, 0.1) is 6.54 Å². The first-order valence-corrected chi connectivity index (χ1v) is 5.93. The lowest BCUT2D eigenvalue weighted by atomic mass is 10.3. The average Bonchev–Trinajstić information content (AvgIpc) is 2.12. The van der Waals surface area contributed by atoms with E-state index in [0.29, 0.717) is 0 Å². The summed E-state index contributed by atoms with van der Waals surface area (Å²) in [5.74, 6) is -0.759. The van der Waals surface area contributed by atoms with Crippen LogP contribution >= 0.6 is 12.6 Å². The van der Waals surface area contributed by atoms with Crippen LogP contribution in [-0.4, -0.2) is 47.5 Å². The minimum atomic E-state index is -0.759. The van der Waals surface area contributed by atoms with Gasteiger partial charge >= 0.3 is 5.97 Å². The summed E-state index contributed by atoms with van der Waals surface area (Å²) in [4.78, 5) is 12.5. The number of nitrogens with zero attached hydrogens (tertiary/aromatic N) is 1. The SMILES string of the molecule is CCCCN(CCNC(C)S)CC(=O)O. The van der Waals surface area contributed by atoms with Gasteiger partial charge in [-0.25, -0.2) is 0 Å². The van der Waals surface area contributed by atoms with Gasteiger partial charge in [-0.1, -0.05) is 13.3 Å². The van der Waals surface area contributed by atoms with Crippen molar-refractivity contribution in [1.29, 1.82) is 0 Å². The van der Waals surface area contributed by atoms with Gasteiger partial charge in [0.15, 0.2) is 0 Å². The number of nitrogens with one attached hydrogen (secondary N) is 1. The molecular weight excluding hydrogens is 212 g/mol. The number of carboxylic acid groups (broad SMARTS) is 1. The first-order chi connectivity index (χ1) is 7.06. The lowest BCUT2D eigenvalue weighted by Gasteiger charge is -2.20. The molecule has 15 heavy (non-hydrogen) atoms. The minimum absolute atomic E-state index is 0.128. The molecular formula is C10H22N2O2S. The number of aliphatic carboxylic acids is 1. The Morgan fingerprint density at radius 1 is 1.53 bits per heavy atom. The van der Waals surface area contributed by atoms with Crippen LogP contribution in [0.4, 0.5) is 0 Å². The van der Waals surface area contributed by atoms with E-state index in [1.165, 1.54) is 0 Å². The molecule has 0 spiro atoms. The molecule has 0 aromatic carbocycles. The molecule has 1 atom stereocenters. The van der Waals surface area contributed by atoms with Crippen molar-refractivity contribution in [2.24, 2.45) is 0 Å². The highest BCUT2D eigenvalue weighted by Crippen LogP contribution is 1.95. The van der Waals surface area contributed by atoms with Crippen LogP contribution in [0.2, 0.25) is 0 Å². The Labute approximate surface area is 97.4 Å². The van der Waals surface area contributed by atoms with Gasteiger partial charge in [-0.3, -0.25) is 9.69 Å². The van der Waals surface area contributed by atoms with Crippen LogP contribution in [0.15, 0.2) is 0 Å². The Balaban J connectivity index is 3.73. The predicted molar refractivity (Wildman–Crippen MR) is 65.4 cm³/mol. The Bertz CT molecular complexity index is 177. The van der Waals surface area contributed by atoms with Crippen LogP contribution in [0.1, 0.15) is 26.7 Å². The fraction of sp³-hybridized carbons (Fsp3) is 0.900. The fourth-order valence-electron chi connectivity index (χ4n) is 1.27. The Morgan fingerprint density at radius 3 is 2.67 bits per heavy atom. The van der Waals surface area contributed by atoms with Gasteiger partial charge in [0.25, 0.3) is 0 Å². The molecule has 0 fully saturated rings. The normalized spacial score (nSPS) is 13.1. The van der Waals surface area contributed by atoms with E-state index in [1.807, 2.05) is 11.8 Å². The molecule has 0 aliphatic rings. The number of unbranched alkanes of at least 4 members (excludes halogenated alkanes) is 1. The van der Waals surface area contributed by atoms with Gasteiger partial charge < -0.3 is 10.4 Å². The highest BCUT2D eigenvalue weighted by atomic mass is 32.1. The molecule has 0 saturated heterocycles. The van der Waals surface area contributed by atoms with Crippen molar-refractivity contribution in [2.75, 3.05) is 26.2 Å². The molecule has 0 saturated carbocycles. The fourth-order valence-corrected chi connectivity index (χ4v) is 1.40. The van der Waals surface area contributed by atoms with Gasteiger partial charge in [0.1, 0.15) is 0 Å². The Hall–Kier alpha value is -0.260. The van der Waals surface area contributed by atoms with E-state index in [4.69, 9.17) is 5.11 Å². The number of carboxylic acids is 1. The van der Waals surface area contributed by atoms with Gasteiger partial charge in [0, 0.05) is 18.5 Å². The summed E-state index contributed by atoms with van der Waals surface area (Å²) in [5.41, 5.74) is 0. The number of rotatable bonds is 9. The molecule has 0 rings (SSSR count). The van der Waals surface area contributed by atoms with Gasteiger partial charge in [-0.05, 0) is 19.9 Å². The van der Waals surface area contributed by atoms with Gasteiger partial charge in [-0.15, -0.1) is 0 Å².